The minimum Gasteiger partial charge on any atom is -0.370 e. The highest BCUT2D eigenvalue weighted by Crippen LogP contribution is 2.20. The minimum atomic E-state index is -0.285. The third-order valence-electron chi connectivity index (χ3n) is 2.93. The summed E-state index contributed by atoms with van der Waals surface area (Å²) in [6.45, 7) is 1.51. The molecule has 1 atom stereocenters. The van der Waals surface area contributed by atoms with E-state index in [9.17, 15) is 9.59 Å². The SMILES string of the molecule is NC(=O)CCCN1CCCC(CI)CC1=O. The predicted octanol–water partition coefficient (Wildman–Crippen LogP) is 1.32. The van der Waals surface area contributed by atoms with Crippen LogP contribution >= 0.6 is 22.6 Å². The summed E-state index contributed by atoms with van der Waals surface area (Å²) < 4.78 is 1.05. The fraction of sp³-hybridized carbons (Fsp3) is 0.818. The highest BCUT2D eigenvalue weighted by molar-refractivity contribution is 14.1. The molecule has 1 aliphatic heterocycles. The Labute approximate surface area is 110 Å². The molecule has 0 aromatic heterocycles. The number of nitrogens with zero attached hydrogens (tertiary/aromatic N) is 1. The normalized spacial score (nSPS) is 21.9. The first-order chi connectivity index (χ1) is 7.63. The van der Waals surface area contributed by atoms with Gasteiger partial charge >= 0.3 is 0 Å². The molecule has 0 radical (unpaired) electrons. The van der Waals surface area contributed by atoms with E-state index in [2.05, 4.69) is 22.6 Å². The van der Waals surface area contributed by atoms with Crippen LogP contribution in [0.15, 0.2) is 0 Å². The zero-order valence-corrected chi connectivity index (χ0v) is 11.6. The maximum atomic E-state index is 11.9. The molecule has 0 bridgehead atoms. The number of rotatable bonds is 5. The zero-order valence-electron chi connectivity index (χ0n) is 9.45. The standard InChI is InChI=1S/C11H19IN2O2/c12-8-9-3-1-5-14(11(16)7-9)6-2-4-10(13)15/h9H,1-8H2,(H2,13,15). The second kappa shape index (κ2) is 7.09. The van der Waals surface area contributed by atoms with Crippen molar-refractivity contribution in [3.63, 3.8) is 0 Å². The molecule has 2 N–H and O–H groups in total. The molecule has 16 heavy (non-hydrogen) atoms. The van der Waals surface area contributed by atoms with E-state index < -0.39 is 0 Å². The topological polar surface area (TPSA) is 63.4 Å². The first-order valence-electron chi connectivity index (χ1n) is 5.75. The van der Waals surface area contributed by atoms with E-state index in [-0.39, 0.29) is 11.8 Å². The summed E-state index contributed by atoms with van der Waals surface area (Å²) >= 11 is 2.35. The number of halogens is 1. The highest BCUT2D eigenvalue weighted by atomic mass is 127. The molecule has 4 nitrogen and oxygen atoms in total. The van der Waals surface area contributed by atoms with Gasteiger partial charge in [0, 0.05) is 30.4 Å². The van der Waals surface area contributed by atoms with Gasteiger partial charge in [-0.15, -0.1) is 0 Å². The number of amides is 2. The summed E-state index contributed by atoms with van der Waals surface area (Å²) in [5.41, 5.74) is 5.07. The maximum Gasteiger partial charge on any atom is 0.222 e. The number of hydrogen-bond donors (Lipinski definition) is 1. The molecule has 0 saturated carbocycles. The summed E-state index contributed by atoms with van der Waals surface area (Å²) in [7, 11) is 0. The summed E-state index contributed by atoms with van der Waals surface area (Å²) in [4.78, 5) is 24.4. The average molecular weight is 338 g/mol. The number of carbonyl (C=O) groups excluding carboxylic acids is 2. The van der Waals surface area contributed by atoms with Crippen LogP contribution in [0.3, 0.4) is 0 Å². The number of carbonyl (C=O) groups is 2. The van der Waals surface area contributed by atoms with Gasteiger partial charge in [-0.25, -0.2) is 0 Å². The van der Waals surface area contributed by atoms with Crippen LogP contribution in [0.1, 0.15) is 32.1 Å². The van der Waals surface area contributed by atoms with Crippen LogP contribution in [0.2, 0.25) is 0 Å². The zero-order chi connectivity index (χ0) is 12.0. The number of alkyl halides is 1. The fourth-order valence-corrected chi connectivity index (χ4v) is 2.74. The second-order valence-corrected chi connectivity index (χ2v) is 5.20. The fourth-order valence-electron chi connectivity index (χ4n) is 1.99. The smallest absolute Gasteiger partial charge is 0.222 e. The quantitative estimate of drug-likeness (QED) is 0.607. The Balaban J connectivity index is 2.35. The van der Waals surface area contributed by atoms with Crippen LogP contribution in [-0.2, 0) is 9.59 Å². The summed E-state index contributed by atoms with van der Waals surface area (Å²) in [5, 5.41) is 0. The first-order valence-corrected chi connectivity index (χ1v) is 7.28. The molecule has 1 heterocycles. The van der Waals surface area contributed by atoms with Crippen LogP contribution in [0, 0.1) is 5.92 Å². The third-order valence-corrected chi connectivity index (χ3v) is 4.17. The van der Waals surface area contributed by atoms with Crippen LogP contribution in [0.5, 0.6) is 0 Å². The Kier molecular flexibility index (Phi) is 6.08. The van der Waals surface area contributed by atoms with E-state index in [0.29, 0.717) is 31.7 Å². The van der Waals surface area contributed by atoms with Gasteiger partial charge in [0.15, 0.2) is 0 Å². The molecule has 0 aliphatic carbocycles. The average Bonchev–Trinajstić information content (AvgIpc) is 2.40. The molecule has 0 spiro atoms. The van der Waals surface area contributed by atoms with Crippen molar-refractivity contribution in [2.75, 3.05) is 17.5 Å². The number of likely N-dealkylation sites (tertiary alicyclic amines) is 1. The summed E-state index contributed by atoms with van der Waals surface area (Å²) in [6.07, 6.45) is 3.95. The second-order valence-electron chi connectivity index (χ2n) is 4.32. The number of hydrogen-bond acceptors (Lipinski definition) is 2. The van der Waals surface area contributed by atoms with Crippen LogP contribution in [0.4, 0.5) is 0 Å². The summed E-state index contributed by atoms with van der Waals surface area (Å²) in [5.74, 6) is 0.491. The molecule has 92 valence electrons. The van der Waals surface area contributed by atoms with Gasteiger partial charge < -0.3 is 10.6 Å². The molecule has 1 saturated heterocycles. The molecule has 1 rings (SSSR count). The molecule has 5 heteroatoms. The number of primary amides is 1. The predicted molar refractivity (Wildman–Crippen MR) is 71.2 cm³/mol. The van der Waals surface area contributed by atoms with Gasteiger partial charge in [-0.1, -0.05) is 22.6 Å². The molecular weight excluding hydrogens is 319 g/mol. The van der Waals surface area contributed by atoms with Gasteiger partial charge in [0.05, 0.1) is 0 Å². The third kappa shape index (κ3) is 4.67. The van der Waals surface area contributed by atoms with Crippen molar-refractivity contribution < 1.29 is 9.59 Å². The van der Waals surface area contributed by atoms with E-state index in [1.165, 1.54) is 0 Å². The largest absolute Gasteiger partial charge is 0.370 e. The minimum absolute atomic E-state index is 0.239. The lowest BCUT2D eigenvalue weighted by molar-refractivity contribution is -0.131. The molecule has 1 fully saturated rings. The molecule has 0 aromatic rings. The van der Waals surface area contributed by atoms with Gasteiger partial charge in [0.1, 0.15) is 0 Å². The van der Waals surface area contributed by atoms with E-state index in [1.807, 2.05) is 4.90 Å². The Bertz CT molecular complexity index is 258. The van der Waals surface area contributed by atoms with E-state index in [1.54, 1.807) is 0 Å². The van der Waals surface area contributed by atoms with Crippen molar-refractivity contribution >= 4 is 34.4 Å². The van der Waals surface area contributed by atoms with Crippen molar-refractivity contribution in [3.05, 3.63) is 0 Å². The van der Waals surface area contributed by atoms with Crippen molar-refractivity contribution in [2.24, 2.45) is 11.7 Å². The van der Waals surface area contributed by atoms with Gasteiger partial charge in [-0.2, -0.15) is 0 Å². The molecular formula is C11H19IN2O2. The van der Waals surface area contributed by atoms with Crippen molar-refractivity contribution in [1.82, 2.24) is 4.90 Å². The van der Waals surface area contributed by atoms with Crippen molar-refractivity contribution in [2.45, 2.75) is 32.1 Å². The lowest BCUT2D eigenvalue weighted by atomic mass is 10.0. The van der Waals surface area contributed by atoms with E-state index in [0.717, 1.165) is 23.8 Å². The monoisotopic (exact) mass is 338 g/mol. The van der Waals surface area contributed by atoms with Crippen molar-refractivity contribution in [3.8, 4) is 0 Å². The van der Waals surface area contributed by atoms with Gasteiger partial charge in [0.2, 0.25) is 11.8 Å². The first kappa shape index (κ1) is 13.7. The van der Waals surface area contributed by atoms with E-state index in [4.69, 9.17) is 5.73 Å². The Morgan fingerprint density at radius 2 is 2.31 bits per heavy atom. The maximum absolute atomic E-state index is 11.9. The molecule has 0 aromatic carbocycles. The molecule has 1 aliphatic rings. The lowest BCUT2D eigenvalue weighted by Crippen LogP contribution is -2.32. The highest BCUT2D eigenvalue weighted by Gasteiger charge is 2.22. The molecule has 1 unspecified atom stereocenters. The summed E-state index contributed by atoms with van der Waals surface area (Å²) in [6, 6.07) is 0. The number of nitrogens with two attached hydrogens (primary N) is 1. The lowest BCUT2D eigenvalue weighted by Gasteiger charge is -2.20. The Hall–Kier alpha value is -0.330. The van der Waals surface area contributed by atoms with Crippen LogP contribution in [-0.4, -0.2) is 34.2 Å². The van der Waals surface area contributed by atoms with Crippen LogP contribution < -0.4 is 5.73 Å². The van der Waals surface area contributed by atoms with Crippen molar-refractivity contribution in [1.29, 1.82) is 0 Å². The Morgan fingerprint density at radius 1 is 1.56 bits per heavy atom. The van der Waals surface area contributed by atoms with Gasteiger partial charge in [-0.3, -0.25) is 9.59 Å². The Morgan fingerprint density at radius 3 is 2.94 bits per heavy atom. The van der Waals surface area contributed by atoms with E-state index >= 15 is 0 Å². The van der Waals surface area contributed by atoms with Crippen LogP contribution in [0.25, 0.3) is 0 Å². The van der Waals surface area contributed by atoms with Gasteiger partial charge in [-0.05, 0) is 25.2 Å². The van der Waals surface area contributed by atoms with Gasteiger partial charge in [0.25, 0.3) is 0 Å². The molecule has 2 amide bonds.